The molecule has 0 aliphatic carbocycles. The number of aromatic nitrogens is 4. The van der Waals surface area contributed by atoms with Crippen LogP contribution in [0.15, 0.2) is 109 Å². The molecule has 336 valence electrons. The van der Waals surface area contributed by atoms with Crippen LogP contribution in [0.4, 0.5) is 9.59 Å². The molecule has 0 spiro atoms. The number of ether oxygens (including phenoxy) is 2. The number of nitrogens with zero attached hydrogens (tertiary/aromatic N) is 4. The maximum atomic E-state index is 14.3. The van der Waals surface area contributed by atoms with Crippen molar-refractivity contribution in [3.05, 3.63) is 142 Å². The molecule has 2 aromatic heterocycles. The summed E-state index contributed by atoms with van der Waals surface area (Å²) in [5.41, 5.74) is 6.02. The number of benzene rings is 4. The fourth-order valence-electron chi connectivity index (χ4n) is 8.47. The van der Waals surface area contributed by atoms with Crippen LogP contribution < -0.4 is 10.6 Å². The molecule has 18 heteroatoms. The second-order valence-electron chi connectivity index (χ2n) is 15.5. The van der Waals surface area contributed by atoms with Crippen molar-refractivity contribution in [1.82, 2.24) is 40.4 Å². The third-order valence-corrected chi connectivity index (χ3v) is 13.0. The average Bonchev–Trinajstić information content (AvgIpc) is 4.16. The van der Waals surface area contributed by atoms with Crippen molar-refractivity contribution in [1.29, 1.82) is 0 Å². The fourth-order valence-corrected chi connectivity index (χ4v) is 9.72. The summed E-state index contributed by atoms with van der Waals surface area (Å²) < 4.78 is 15.1. The van der Waals surface area contributed by atoms with Gasteiger partial charge in [0.1, 0.15) is 23.7 Å². The summed E-state index contributed by atoms with van der Waals surface area (Å²) in [5, 5.41) is 5.88. The Hall–Kier alpha value is -6.33. The van der Waals surface area contributed by atoms with Gasteiger partial charge < -0.3 is 44.1 Å². The molecule has 0 unspecified atom stereocenters. The molecule has 5 atom stereocenters. The molecule has 0 saturated carbocycles. The molecular weight excluding hydrogens is 892 g/mol. The number of hydrogen-bond acceptors (Lipinski definition) is 10. The Morgan fingerprint density at radius 1 is 0.646 bits per heavy atom. The number of hydrogen-bond donors (Lipinski definition) is 4. The number of nitrogens with one attached hydrogen (secondary N) is 4. The van der Waals surface area contributed by atoms with E-state index in [0.717, 1.165) is 28.7 Å². The van der Waals surface area contributed by atoms with Crippen molar-refractivity contribution < 1.29 is 32.8 Å². The van der Waals surface area contributed by atoms with Crippen molar-refractivity contribution in [2.75, 3.05) is 34.4 Å². The molecule has 15 nitrogen and oxygen atoms in total. The number of carbonyl (C=O) groups is 4. The van der Waals surface area contributed by atoms with Gasteiger partial charge in [0.2, 0.25) is 0 Å². The lowest BCUT2D eigenvalue weighted by atomic mass is 10.0. The minimum atomic E-state index is -0.990. The molecule has 2 aliphatic heterocycles. The van der Waals surface area contributed by atoms with Gasteiger partial charge >= 0.3 is 12.2 Å². The predicted molar refractivity (Wildman–Crippen MR) is 248 cm³/mol. The quantitative estimate of drug-likeness (QED) is 0.0815. The smallest absolute Gasteiger partial charge is 0.407 e. The first kappa shape index (κ1) is 45.2. The zero-order valence-corrected chi connectivity index (χ0v) is 38.0. The van der Waals surface area contributed by atoms with Gasteiger partial charge in [-0.25, -0.2) is 19.6 Å². The topological polar surface area (TPSA) is 184 Å². The van der Waals surface area contributed by atoms with E-state index in [1.54, 1.807) is 53.3 Å². The minimum Gasteiger partial charge on any atom is -0.453 e. The summed E-state index contributed by atoms with van der Waals surface area (Å²) in [6.07, 6.45) is 0.544. The first-order valence-corrected chi connectivity index (χ1v) is 22.4. The minimum absolute atomic E-state index is 0.0578. The maximum Gasteiger partial charge on any atom is 0.407 e. The van der Waals surface area contributed by atoms with E-state index in [4.69, 9.17) is 41.8 Å². The van der Waals surface area contributed by atoms with E-state index in [1.807, 2.05) is 72.8 Å². The molecule has 0 radical (unpaired) electrons. The Labute approximate surface area is 389 Å². The number of halogens is 2. The third-order valence-electron chi connectivity index (χ3n) is 11.6. The molecule has 8 rings (SSSR count). The van der Waals surface area contributed by atoms with Gasteiger partial charge in [0.05, 0.1) is 50.1 Å². The van der Waals surface area contributed by atoms with Gasteiger partial charge in [0.25, 0.3) is 11.8 Å². The van der Waals surface area contributed by atoms with Crippen LogP contribution in [0, 0.1) is 0 Å². The molecule has 2 fully saturated rings. The number of methoxy groups -OCH3 is 2. The van der Waals surface area contributed by atoms with E-state index >= 15 is 0 Å². The van der Waals surface area contributed by atoms with Crippen molar-refractivity contribution in [3.8, 4) is 33.6 Å². The lowest BCUT2D eigenvalue weighted by molar-refractivity contribution is -0.135. The first-order chi connectivity index (χ1) is 31.6. The van der Waals surface area contributed by atoms with Crippen LogP contribution in [0.1, 0.15) is 66.2 Å². The number of aromatic amines is 2. The summed E-state index contributed by atoms with van der Waals surface area (Å²) >= 11 is 14.8. The van der Waals surface area contributed by atoms with Gasteiger partial charge in [0, 0.05) is 24.2 Å². The molecule has 4 aromatic carbocycles. The molecule has 6 aromatic rings. The highest BCUT2D eigenvalue weighted by atomic mass is 35.5. The van der Waals surface area contributed by atoms with Gasteiger partial charge in [0.15, 0.2) is 10.3 Å². The van der Waals surface area contributed by atoms with Gasteiger partial charge in [-0.3, -0.25) is 9.59 Å². The number of likely N-dealkylation sites (tertiary alicyclic amines) is 2. The Bertz CT molecular complexity index is 2630. The molecule has 65 heavy (non-hydrogen) atoms. The zero-order valence-electron chi connectivity index (χ0n) is 35.6. The van der Waals surface area contributed by atoms with Gasteiger partial charge in [-0.15, -0.1) is 0 Å². The predicted octanol–water partition coefficient (Wildman–Crippen LogP) is 9.24. The van der Waals surface area contributed by atoms with E-state index in [2.05, 4.69) is 25.6 Å². The van der Waals surface area contributed by atoms with Crippen LogP contribution in [0.25, 0.3) is 33.6 Å². The normalized spacial score (nSPS) is 18.0. The van der Waals surface area contributed by atoms with Crippen LogP contribution in [0.3, 0.4) is 0 Å². The summed E-state index contributed by atoms with van der Waals surface area (Å²) in [4.78, 5) is 72.5. The number of rotatable bonds is 13. The fraction of sp³-hybridized carbons (Fsp3) is 0.277. The van der Waals surface area contributed by atoms with Gasteiger partial charge in [-0.1, -0.05) is 132 Å². The SMILES string of the molecule is COS[C@H]1C[C@@H](c2nc(Cl)c(-c3ccc(-c4ccc(-c5[nH]c([C@@H]6CCCN6C(=O)[C@H](NC(=O)OC)c6ccccc6)nc5Cl)cc4)cc3)[nH]2)N(C(=O)[C@@H](NC(=O)OC)c2ccccc2)C1. The summed E-state index contributed by atoms with van der Waals surface area (Å²) in [7, 11) is 4.11. The molecule has 2 saturated heterocycles. The van der Waals surface area contributed by atoms with Gasteiger partial charge in [-0.05, 0) is 53.6 Å². The molecule has 2 aliphatic rings. The second kappa shape index (κ2) is 20.2. The Kier molecular flexibility index (Phi) is 14.1. The van der Waals surface area contributed by atoms with Crippen LogP contribution >= 0.6 is 35.2 Å². The van der Waals surface area contributed by atoms with Crippen LogP contribution in [-0.2, 0) is 23.2 Å². The highest BCUT2D eigenvalue weighted by Gasteiger charge is 2.42. The molecule has 4 amide bonds. The van der Waals surface area contributed by atoms with Crippen molar-refractivity contribution in [2.45, 2.75) is 48.7 Å². The van der Waals surface area contributed by atoms with E-state index in [0.29, 0.717) is 60.1 Å². The van der Waals surface area contributed by atoms with Crippen LogP contribution in [0.2, 0.25) is 10.3 Å². The van der Waals surface area contributed by atoms with Crippen molar-refractivity contribution in [2.24, 2.45) is 0 Å². The average molecular weight is 938 g/mol. The number of imidazole rings is 2. The van der Waals surface area contributed by atoms with E-state index < -0.39 is 30.3 Å². The molecule has 4 N–H and O–H groups in total. The van der Waals surface area contributed by atoms with E-state index in [1.165, 1.54) is 26.3 Å². The highest BCUT2D eigenvalue weighted by molar-refractivity contribution is 7.95. The molecular formula is C47H46Cl2N8O7S. The van der Waals surface area contributed by atoms with Crippen LogP contribution in [0.5, 0.6) is 0 Å². The summed E-state index contributed by atoms with van der Waals surface area (Å²) in [5.74, 6) is 0.493. The zero-order chi connectivity index (χ0) is 45.6. The third kappa shape index (κ3) is 9.85. The van der Waals surface area contributed by atoms with Crippen LogP contribution in [-0.4, -0.2) is 93.4 Å². The number of amides is 4. The standard InChI is InChI=1S/C47H46Cl2N8O7S/c1-62-46(60)52-38(29-11-6-4-7-12-29)44(58)56-24-10-15-34(56)42-50-36(40(48)54-42)31-20-16-27(17-21-31)28-18-22-32(23-19-28)37-41(49)55-43(51-37)35-25-33(65-64-3)26-57(35)45(59)39(53-47(61)63-2)30-13-8-5-9-14-30/h4-9,11-14,16-23,33-35,38-39H,10,15,24-26H2,1-3H3,(H,50,54)(H,51,55)(H,52,60)(H,53,61)/t33-,34-,35-,38+,39-/m0/s1. The summed E-state index contributed by atoms with van der Waals surface area (Å²) in [6, 6.07) is 31.1. The largest absolute Gasteiger partial charge is 0.453 e. The second-order valence-corrected chi connectivity index (χ2v) is 17.4. The first-order valence-electron chi connectivity index (χ1n) is 20.9. The lowest BCUT2D eigenvalue weighted by Gasteiger charge is -2.28. The van der Waals surface area contributed by atoms with Gasteiger partial charge in [-0.2, -0.15) is 0 Å². The Balaban J connectivity index is 0.977. The van der Waals surface area contributed by atoms with Crippen molar-refractivity contribution in [3.63, 3.8) is 0 Å². The van der Waals surface area contributed by atoms with Crippen molar-refractivity contribution >= 4 is 59.2 Å². The number of carbonyl (C=O) groups excluding carboxylic acids is 4. The maximum absolute atomic E-state index is 14.3. The summed E-state index contributed by atoms with van der Waals surface area (Å²) in [6.45, 7) is 0.850. The number of H-pyrrole nitrogens is 2. The molecule has 4 heterocycles. The van der Waals surface area contributed by atoms with E-state index in [9.17, 15) is 19.2 Å². The Morgan fingerprint density at radius 3 is 1.55 bits per heavy atom. The Morgan fingerprint density at radius 2 is 1.09 bits per heavy atom. The lowest BCUT2D eigenvalue weighted by Crippen LogP contribution is -2.43. The van der Waals surface area contributed by atoms with E-state index in [-0.39, 0.29) is 33.4 Å². The highest BCUT2D eigenvalue weighted by Crippen LogP contribution is 2.41. The molecule has 0 bridgehead atoms. The number of alkyl carbamates (subject to hydrolysis) is 2. The monoisotopic (exact) mass is 936 g/mol.